The molecule has 36 heavy (non-hydrogen) atoms. The van der Waals surface area contributed by atoms with Crippen molar-refractivity contribution in [2.45, 2.75) is 59.1 Å². The average Bonchev–Trinajstić information content (AvgIpc) is 3.09. The van der Waals surface area contributed by atoms with Crippen LogP contribution in [0.5, 0.6) is 11.5 Å². The second kappa shape index (κ2) is 12.1. The van der Waals surface area contributed by atoms with Gasteiger partial charge in [0.2, 0.25) is 0 Å². The second-order valence-electron chi connectivity index (χ2n) is 9.38. The van der Waals surface area contributed by atoms with Gasteiger partial charge in [0.05, 0.1) is 24.3 Å². The Bertz CT molecular complexity index is 1120. The molecule has 0 bridgehead atoms. The summed E-state index contributed by atoms with van der Waals surface area (Å²) in [7, 11) is 1.59. The quantitative estimate of drug-likeness (QED) is 0.193. The van der Waals surface area contributed by atoms with E-state index in [9.17, 15) is 14.7 Å². The minimum Gasteiger partial charge on any atom is -0.507 e. The van der Waals surface area contributed by atoms with Gasteiger partial charge in [0.25, 0.3) is 11.7 Å². The van der Waals surface area contributed by atoms with Gasteiger partial charge in [-0.2, -0.15) is 0 Å². The van der Waals surface area contributed by atoms with E-state index >= 15 is 0 Å². The first kappa shape index (κ1) is 27.3. The Kier molecular flexibility index (Phi) is 9.15. The number of para-hydroxylation sites is 1. The molecule has 1 aliphatic heterocycles. The number of Topliss-reactive ketones (excluding diaryl/α,β-unsaturated/α-hetero) is 1. The van der Waals surface area contributed by atoms with E-state index in [0.29, 0.717) is 43.1 Å². The number of benzene rings is 2. The lowest BCUT2D eigenvalue weighted by Crippen LogP contribution is -2.31. The SMILES string of the molecule is CCOc1ccc(/C(O)=C2\C(=O)C(=O)N(CCCOC)C2c2ccccc2OC(C)C)cc1C(C)C. The zero-order valence-electron chi connectivity index (χ0n) is 22.0. The van der Waals surface area contributed by atoms with E-state index in [1.807, 2.05) is 65.0 Å². The van der Waals surface area contributed by atoms with Gasteiger partial charge in [0.15, 0.2) is 0 Å². The Morgan fingerprint density at radius 3 is 2.42 bits per heavy atom. The number of ether oxygens (including phenoxy) is 3. The lowest BCUT2D eigenvalue weighted by molar-refractivity contribution is -0.140. The monoisotopic (exact) mass is 495 g/mol. The molecule has 194 valence electrons. The van der Waals surface area contributed by atoms with E-state index in [1.54, 1.807) is 19.2 Å². The summed E-state index contributed by atoms with van der Waals surface area (Å²) < 4.78 is 17.0. The third-order valence-electron chi connectivity index (χ3n) is 6.07. The molecule has 1 heterocycles. The van der Waals surface area contributed by atoms with Crippen LogP contribution in [0.25, 0.3) is 5.76 Å². The van der Waals surface area contributed by atoms with E-state index in [2.05, 4.69) is 0 Å². The summed E-state index contributed by atoms with van der Waals surface area (Å²) in [6.45, 7) is 11.1. The minimum absolute atomic E-state index is 0.0519. The van der Waals surface area contributed by atoms with Gasteiger partial charge >= 0.3 is 0 Å². The van der Waals surface area contributed by atoms with Crippen LogP contribution < -0.4 is 9.47 Å². The van der Waals surface area contributed by atoms with E-state index in [4.69, 9.17) is 14.2 Å². The summed E-state index contributed by atoms with van der Waals surface area (Å²) in [6, 6.07) is 11.9. The molecule has 7 nitrogen and oxygen atoms in total. The molecule has 1 saturated heterocycles. The van der Waals surface area contributed by atoms with Crippen molar-refractivity contribution >= 4 is 17.4 Å². The summed E-state index contributed by atoms with van der Waals surface area (Å²) in [6.07, 6.45) is 0.440. The van der Waals surface area contributed by atoms with Crippen LogP contribution in [0.2, 0.25) is 0 Å². The zero-order valence-corrected chi connectivity index (χ0v) is 22.0. The number of rotatable bonds is 11. The minimum atomic E-state index is -0.786. The van der Waals surface area contributed by atoms with Crippen LogP contribution in [-0.2, 0) is 14.3 Å². The number of ketones is 1. The fraction of sp³-hybridized carbons (Fsp3) is 0.448. The van der Waals surface area contributed by atoms with Crippen molar-refractivity contribution < 1.29 is 28.9 Å². The largest absolute Gasteiger partial charge is 0.507 e. The summed E-state index contributed by atoms with van der Waals surface area (Å²) in [5.74, 6) is -0.141. The normalized spacial score (nSPS) is 17.3. The molecule has 1 unspecified atom stereocenters. The summed E-state index contributed by atoms with van der Waals surface area (Å²) >= 11 is 0. The predicted molar refractivity (Wildman–Crippen MR) is 139 cm³/mol. The molecule has 1 aliphatic rings. The molecule has 0 aromatic heterocycles. The molecule has 3 rings (SSSR count). The molecule has 0 spiro atoms. The molecule has 7 heteroatoms. The molecule has 0 radical (unpaired) electrons. The topological polar surface area (TPSA) is 85.3 Å². The Morgan fingerprint density at radius 2 is 1.78 bits per heavy atom. The highest BCUT2D eigenvalue weighted by Gasteiger charge is 2.46. The highest BCUT2D eigenvalue weighted by atomic mass is 16.5. The number of carbonyl (C=O) groups is 2. The summed E-state index contributed by atoms with van der Waals surface area (Å²) in [4.78, 5) is 28.1. The molecule has 0 aliphatic carbocycles. The second-order valence-corrected chi connectivity index (χ2v) is 9.38. The zero-order chi connectivity index (χ0) is 26.4. The number of nitrogens with zero attached hydrogens (tertiary/aromatic N) is 1. The van der Waals surface area contributed by atoms with Crippen molar-refractivity contribution in [2.75, 3.05) is 26.9 Å². The fourth-order valence-corrected chi connectivity index (χ4v) is 4.47. The number of aliphatic hydroxyl groups excluding tert-OH is 1. The Balaban J connectivity index is 2.20. The van der Waals surface area contributed by atoms with Crippen molar-refractivity contribution in [1.29, 1.82) is 0 Å². The molecule has 1 N–H and O–H groups in total. The molecule has 2 aromatic rings. The van der Waals surface area contributed by atoms with Crippen LogP contribution in [0.1, 0.15) is 69.7 Å². The first-order valence-corrected chi connectivity index (χ1v) is 12.5. The molecular formula is C29H37NO6. The van der Waals surface area contributed by atoms with Crippen LogP contribution in [-0.4, -0.2) is 54.7 Å². The predicted octanol–water partition coefficient (Wildman–Crippen LogP) is 5.45. The summed E-state index contributed by atoms with van der Waals surface area (Å²) in [5.41, 5.74) is 2.08. The lowest BCUT2D eigenvalue weighted by Gasteiger charge is -2.27. The smallest absolute Gasteiger partial charge is 0.295 e. The number of methoxy groups -OCH3 is 1. The highest BCUT2D eigenvalue weighted by molar-refractivity contribution is 6.46. The number of hydrogen-bond donors (Lipinski definition) is 1. The Morgan fingerprint density at radius 1 is 1.06 bits per heavy atom. The van der Waals surface area contributed by atoms with Crippen LogP contribution in [0.3, 0.4) is 0 Å². The third-order valence-corrected chi connectivity index (χ3v) is 6.07. The van der Waals surface area contributed by atoms with Crippen LogP contribution in [0.15, 0.2) is 48.0 Å². The van der Waals surface area contributed by atoms with Crippen LogP contribution in [0.4, 0.5) is 0 Å². The molecule has 0 saturated carbocycles. The van der Waals surface area contributed by atoms with E-state index in [0.717, 1.165) is 11.3 Å². The molecule has 1 fully saturated rings. The highest BCUT2D eigenvalue weighted by Crippen LogP contribution is 2.43. The summed E-state index contributed by atoms with van der Waals surface area (Å²) in [5, 5.41) is 11.5. The number of amides is 1. The van der Waals surface area contributed by atoms with Gasteiger partial charge in [-0.3, -0.25) is 9.59 Å². The number of aliphatic hydroxyl groups is 1. The maximum absolute atomic E-state index is 13.4. The van der Waals surface area contributed by atoms with Gasteiger partial charge in [-0.1, -0.05) is 32.0 Å². The van der Waals surface area contributed by atoms with Gasteiger partial charge in [0, 0.05) is 31.4 Å². The van der Waals surface area contributed by atoms with Gasteiger partial charge in [-0.25, -0.2) is 0 Å². The first-order chi connectivity index (χ1) is 17.2. The number of carbonyl (C=O) groups excluding carboxylic acids is 2. The van der Waals surface area contributed by atoms with Crippen molar-refractivity contribution in [1.82, 2.24) is 4.90 Å². The fourth-order valence-electron chi connectivity index (χ4n) is 4.47. The van der Waals surface area contributed by atoms with Gasteiger partial charge in [-0.15, -0.1) is 0 Å². The molecule has 2 aromatic carbocycles. The van der Waals surface area contributed by atoms with Crippen LogP contribution in [0, 0.1) is 0 Å². The van der Waals surface area contributed by atoms with Gasteiger partial charge in [0.1, 0.15) is 17.3 Å². The van der Waals surface area contributed by atoms with Crippen molar-refractivity contribution in [2.24, 2.45) is 0 Å². The third kappa shape index (κ3) is 5.73. The van der Waals surface area contributed by atoms with Crippen LogP contribution >= 0.6 is 0 Å². The van der Waals surface area contributed by atoms with Gasteiger partial charge < -0.3 is 24.2 Å². The first-order valence-electron chi connectivity index (χ1n) is 12.5. The molecule has 1 atom stereocenters. The van der Waals surface area contributed by atoms with Crippen molar-refractivity contribution in [3.63, 3.8) is 0 Å². The standard InChI is InChI=1S/C29H37NO6/c1-7-35-23-14-13-20(17-22(23)18(2)3)27(31)25-26(21-11-8-9-12-24(21)36-19(4)5)30(15-10-16-34-6)29(33)28(25)32/h8-9,11-14,17-19,26,31H,7,10,15-16H2,1-6H3/b27-25+. The van der Waals surface area contributed by atoms with Crippen molar-refractivity contribution in [3.05, 3.63) is 64.7 Å². The molecule has 1 amide bonds. The van der Waals surface area contributed by atoms with E-state index in [-0.39, 0.29) is 23.4 Å². The van der Waals surface area contributed by atoms with E-state index < -0.39 is 17.7 Å². The lowest BCUT2D eigenvalue weighted by atomic mass is 9.92. The maximum Gasteiger partial charge on any atom is 0.295 e. The maximum atomic E-state index is 13.4. The van der Waals surface area contributed by atoms with Gasteiger partial charge in [-0.05, 0) is 62.9 Å². The van der Waals surface area contributed by atoms with Crippen molar-refractivity contribution in [3.8, 4) is 11.5 Å². The number of likely N-dealkylation sites (tertiary alicyclic amines) is 1. The number of hydrogen-bond acceptors (Lipinski definition) is 6. The van der Waals surface area contributed by atoms with E-state index in [1.165, 1.54) is 4.90 Å². The Labute approximate surface area is 213 Å². The Hall–Kier alpha value is -3.32. The average molecular weight is 496 g/mol. The molecular weight excluding hydrogens is 458 g/mol.